The van der Waals surface area contributed by atoms with Gasteiger partial charge in [0.15, 0.2) is 5.17 Å². The molecule has 3 rings (SSSR count). The summed E-state index contributed by atoms with van der Waals surface area (Å²) in [5.41, 5.74) is 0.838. The number of hydrogen-bond donors (Lipinski definition) is 0. The summed E-state index contributed by atoms with van der Waals surface area (Å²) >= 11 is 5.49. The van der Waals surface area contributed by atoms with E-state index in [1.54, 1.807) is 17.5 Å². The SMILES string of the molecule is C=CCN1C(=O)C(=Cc2ccc(Br)cc2)SC1=NS(=O)(=O)c1cccs1. The highest BCUT2D eigenvalue weighted by Gasteiger charge is 2.34. The minimum atomic E-state index is -3.85. The Morgan fingerprint density at radius 3 is 2.58 bits per heavy atom. The quantitative estimate of drug-likeness (QED) is 0.482. The van der Waals surface area contributed by atoms with Gasteiger partial charge in [-0.1, -0.05) is 40.2 Å². The third kappa shape index (κ3) is 4.17. The maximum absolute atomic E-state index is 12.7. The van der Waals surface area contributed by atoms with E-state index in [0.717, 1.165) is 33.1 Å². The van der Waals surface area contributed by atoms with Gasteiger partial charge in [-0.2, -0.15) is 8.42 Å². The molecule has 1 aromatic heterocycles. The molecule has 134 valence electrons. The van der Waals surface area contributed by atoms with Gasteiger partial charge in [0.1, 0.15) is 4.21 Å². The van der Waals surface area contributed by atoms with Crippen LogP contribution in [0.5, 0.6) is 0 Å². The lowest BCUT2D eigenvalue weighted by atomic mass is 10.2. The van der Waals surface area contributed by atoms with Crippen molar-refractivity contribution in [3.63, 3.8) is 0 Å². The molecule has 0 aliphatic carbocycles. The van der Waals surface area contributed by atoms with Crippen LogP contribution in [0.4, 0.5) is 0 Å². The van der Waals surface area contributed by atoms with Crippen molar-refractivity contribution in [1.29, 1.82) is 0 Å². The van der Waals surface area contributed by atoms with Crippen LogP contribution in [0.1, 0.15) is 5.56 Å². The first-order valence-corrected chi connectivity index (χ1v) is 11.3. The summed E-state index contributed by atoms with van der Waals surface area (Å²) in [6, 6.07) is 10.6. The average molecular weight is 469 g/mol. The molecule has 0 spiro atoms. The molecule has 0 radical (unpaired) electrons. The van der Waals surface area contributed by atoms with Gasteiger partial charge in [0, 0.05) is 11.0 Å². The summed E-state index contributed by atoms with van der Waals surface area (Å²) in [6.07, 6.45) is 3.25. The zero-order valence-corrected chi connectivity index (χ0v) is 17.4. The molecule has 2 aromatic rings. The van der Waals surface area contributed by atoms with Gasteiger partial charge >= 0.3 is 0 Å². The summed E-state index contributed by atoms with van der Waals surface area (Å²) < 4.78 is 29.8. The third-order valence-corrected chi connectivity index (χ3v) is 7.61. The minimum absolute atomic E-state index is 0.131. The summed E-state index contributed by atoms with van der Waals surface area (Å²) in [4.78, 5) is 14.4. The molecule has 5 nitrogen and oxygen atoms in total. The molecule has 0 atom stereocenters. The summed E-state index contributed by atoms with van der Waals surface area (Å²) in [5, 5.41) is 1.80. The first kappa shape index (κ1) is 19.1. The molecule has 1 aromatic carbocycles. The number of thiophene rings is 1. The van der Waals surface area contributed by atoms with E-state index in [4.69, 9.17) is 0 Å². The standard InChI is InChI=1S/C17H13BrN2O3S3/c1-2-9-20-16(21)14(11-12-5-7-13(18)8-6-12)25-17(20)19-26(22,23)15-4-3-10-24-15/h2-8,10-11H,1,9H2. The van der Waals surface area contributed by atoms with Crippen molar-refractivity contribution in [2.45, 2.75) is 4.21 Å². The zero-order valence-electron chi connectivity index (χ0n) is 13.3. The minimum Gasteiger partial charge on any atom is -0.282 e. The van der Waals surface area contributed by atoms with Gasteiger partial charge < -0.3 is 0 Å². The first-order chi connectivity index (χ1) is 12.4. The van der Waals surface area contributed by atoms with Crippen molar-refractivity contribution in [3.8, 4) is 0 Å². The highest BCUT2D eigenvalue weighted by molar-refractivity contribution is 9.10. The van der Waals surface area contributed by atoms with Crippen molar-refractivity contribution in [1.82, 2.24) is 4.90 Å². The Balaban J connectivity index is 1.98. The molecule has 1 aliphatic rings. The van der Waals surface area contributed by atoms with E-state index < -0.39 is 10.0 Å². The van der Waals surface area contributed by atoms with Crippen LogP contribution in [0.15, 0.2) is 72.4 Å². The van der Waals surface area contributed by atoms with E-state index in [9.17, 15) is 13.2 Å². The number of sulfonamides is 1. The van der Waals surface area contributed by atoms with Gasteiger partial charge in [-0.05, 0) is 47.0 Å². The van der Waals surface area contributed by atoms with Crippen LogP contribution in [0.2, 0.25) is 0 Å². The van der Waals surface area contributed by atoms with E-state index in [1.165, 1.54) is 17.0 Å². The lowest BCUT2D eigenvalue weighted by Crippen LogP contribution is -2.29. The predicted octanol–water partition coefficient (Wildman–Crippen LogP) is 4.36. The topological polar surface area (TPSA) is 66.8 Å². The van der Waals surface area contributed by atoms with Crippen molar-refractivity contribution >= 4 is 66.2 Å². The fourth-order valence-electron chi connectivity index (χ4n) is 2.13. The maximum Gasteiger partial charge on any atom is 0.294 e. The second kappa shape index (κ2) is 7.91. The number of nitrogens with zero attached hydrogens (tertiary/aromatic N) is 2. The van der Waals surface area contributed by atoms with E-state index in [1.807, 2.05) is 24.3 Å². The number of carbonyl (C=O) groups is 1. The molecule has 9 heteroatoms. The maximum atomic E-state index is 12.7. The Morgan fingerprint density at radius 1 is 1.23 bits per heavy atom. The van der Waals surface area contributed by atoms with E-state index in [0.29, 0.717) is 4.91 Å². The Labute approximate surface area is 168 Å². The fourth-order valence-corrected chi connectivity index (χ4v) is 5.56. The Kier molecular flexibility index (Phi) is 5.81. The number of benzene rings is 1. The van der Waals surface area contributed by atoms with Crippen molar-refractivity contribution in [2.24, 2.45) is 4.40 Å². The normalized spacial score (nSPS) is 18.0. The van der Waals surface area contributed by atoms with E-state index >= 15 is 0 Å². The number of carbonyl (C=O) groups excluding carboxylic acids is 1. The molecule has 1 aliphatic heterocycles. The van der Waals surface area contributed by atoms with Gasteiger partial charge in [-0.15, -0.1) is 22.3 Å². The molecular formula is C17H13BrN2O3S3. The van der Waals surface area contributed by atoms with Gasteiger partial charge in [0.25, 0.3) is 15.9 Å². The highest BCUT2D eigenvalue weighted by Crippen LogP contribution is 2.34. The molecule has 1 saturated heterocycles. The Hall–Kier alpha value is -1.68. The summed E-state index contributed by atoms with van der Waals surface area (Å²) in [5.74, 6) is -0.294. The van der Waals surface area contributed by atoms with Crippen LogP contribution in [0.25, 0.3) is 6.08 Å². The highest BCUT2D eigenvalue weighted by atomic mass is 79.9. The average Bonchev–Trinajstić information content (AvgIpc) is 3.23. The number of amidine groups is 1. The van der Waals surface area contributed by atoms with Crippen LogP contribution in [-0.2, 0) is 14.8 Å². The zero-order chi connectivity index (χ0) is 18.7. The summed E-state index contributed by atoms with van der Waals surface area (Å²) in [7, 11) is -3.85. The molecule has 0 saturated carbocycles. The molecule has 0 N–H and O–H groups in total. The first-order valence-electron chi connectivity index (χ1n) is 7.37. The van der Waals surface area contributed by atoms with Crippen LogP contribution in [0, 0.1) is 0 Å². The van der Waals surface area contributed by atoms with Crippen LogP contribution in [0.3, 0.4) is 0 Å². The Bertz CT molecular complexity index is 994. The van der Waals surface area contributed by atoms with Gasteiger partial charge in [0.2, 0.25) is 0 Å². The second-order valence-electron chi connectivity index (χ2n) is 5.15. The fraction of sp³-hybridized carbons (Fsp3) is 0.0588. The van der Waals surface area contributed by atoms with Crippen LogP contribution < -0.4 is 0 Å². The predicted molar refractivity (Wildman–Crippen MR) is 111 cm³/mol. The van der Waals surface area contributed by atoms with Gasteiger partial charge in [-0.25, -0.2) is 0 Å². The number of halogens is 1. The molecule has 1 amide bonds. The molecule has 0 bridgehead atoms. The van der Waals surface area contributed by atoms with Crippen molar-refractivity contribution in [2.75, 3.05) is 6.54 Å². The lowest BCUT2D eigenvalue weighted by molar-refractivity contribution is -0.121. The monoisotopic (exact) mass is 468 g/mol. The number of thioether (sulfide) groups is 1. The van der Waals surface area contributed by atoms with Gasteiger partial charge in [0.05, 0.1) is 4.91 Å². The largest absolute Gasteiger partial charge is 0.294 e. The molecule has 26 heavy (non-hydrogen) atoms. The number of amides is 1. The second-order valence-corrected chi connectivity index (χ2v) is 9.85. The van der Waals surface area contributed by atoms with Crippen LogP contribution >= 0.6 is 39.0 Å². The van der Waals surface area contributed by atoms with E-state index in [2.05, 4.69) is 26.9 Å². The molecular weight excluding hydrogens is 456 g/mol. The van der Waals surface area contributed by atoms with Gasteiger partial charge in [-0.3, -0.25) is 9.69 Å². The summed E-state index contributed by atoms with van der Waals surface area (Å²) in [6.45, 7) is 3.81. The van der Waals surface area contributed by atoms with Crippen molar-refractivity contribution in [3.05, 3.63) is 69.4 Å². The Morgan fingerprint density at radius 2 is 1.96 bits per heavy atom. The third-order valence-electron chi connectivity index (χ3n) is 3.32. The van der Waals surface area contributed by atoms with E-state index in [-0.39, 0.29) is 21.8 Å². The smallest absolute Gasteiger partial charge is 0.282 e. The van der Waals surface area contributed by atoms with Crippen LogP contribution in [-0.4, -0.2) is 30.9 Å². The lowest BCUT2D eigenvalue weighted by Gasteiger charge is -2.12. The molecule has 2 heterocycles. The number of hydrogen-bond acceptors (Lipinski definition) is 5. The molecule has 0 unspecified atom stereocenters. The van der Waals surface area contributed by atoms with Crippen molar-refractivity contribution < 1.29 is 13.2 Å². The molecule has 1 fully saturated rings. The number of rotatable bonds is 5.